The summed E-state index contributed by atoms with van der Waals surface area (Å²) in [5, 5.41) is 11.6. The number of aromatic nitrogens is 2. The van der Waals surface area contributed by atoms with E-state index in [1.54, 1.807) is 24.3 Å². The van der Waals surface area contributed by atoms with Gasteiger partial charge in [0, 0.05) is 5.02 Å². The number of hydrogen-bond acceptors (Lipinski definition) is 6. The molecule has 0 amide bonds. The predicted molar refractivity (Wildman–Crippen MR) is 73.6 cm³/mol. The Hall–Kier alpha value is -2.41. The van der Waals surface area contributed by atoms with Gasteiger partial charge in [-0.2, -0.15) is 4.98 Å². The Morgan fingerprint density at radius 3 is 2.85 bits per heavy atom. The number of nitrogen functional groups attached to an aromatic ring is 1. The molecule has 1 heterocycles. The molecular formula is C12H11ClN4O3. The smallest absolute Gasteiger partial charge is 0.352 e. The third-order valence-corrected chi connectivity index (χ3v) is 2.73. The molecule has 1 aromatic carbocycles. The summed E-state index contributed by atoms with van der Waals surface area (Å²) in [7, 11) is 0. The molecule has 0 saturated carbocycles. The fourth-order valence-electron chi connectivity index (χ4n) is 1.65. The average Bonchev–Trinajstić information content (AvgIpc) is 2.35. The zero-order chi connectivity index (χ0) is 14.7. The number of hydrogen-bond donors (Lipinski definition) is 1. The summed E-state index contributed by atoms with van der Waals surface area (Å²) in [6.07, 6.45) is 0. The molecule has 8 heteroatoms. The van der Waals surface area contributed by atoms with Crippen molar-refractivity contribution in [2.24, 2.45) is 0 Å². The molecule has 104 valence electrons. The number of nitrogens with two attached hydrogens (primary N) is 1. The van der Waals surface area contributed by atoms with E-state index < -0.39 is 4.92 Å². The summed E-state index contributed by atoms with van der Waals surface area (Å²) in [6, 6.07) is 6.97. The molecule has 1 aromatic heterocycles. The van der Waals surface area contributed by atoms with Gasteiger partial charge in [-0.3, -0.25) is 10.1 Å². The van der Waals surface area contributed by atoms with Gasteiger partial charge in [0.1, 0.15) is 12.3 Å². The maximum absolute atomic E-state index is 11.0. The van der Waals surface area contributed by atoms with Gasteiger partial charge in [-0.15, -0.1) is 0 Å². The van der Waals surface area contributed by atoms with Gasteiger partial charge in [0.05, 0.1) is 4.92 Å². The Balaban J connectivity index is 2.27. The second-order valence-corrected chi connectivity index (χ2v) is 4.43. The maximum Gasteiger partial charge on any atom is 0.352 e. The molecule has 0 radical (unpaired) electrons. The summed E-state index contributed by atoms with van der Waals surface area (Å²) < 4.78 is 5.37. The van der Waals surface area contributed by atoms with E-state index in [0.29, 0.717) is 5.02 Å². The molecular weight excluding hydrogens is 284 g/mol. The molecule has 0 bridgehead atoms. The predicted octanol–water partition coefficient (Wildman–Crippen LogP) is 2.51. The van der Waals surface area contributed by atoms with Crippen molar-refractivity contribution in [3.63, 3.8) is 0 Å². The van der Waals surface area contributed by atoms with Gasteiger partial charge in [0.2, 0.25) is 5.95 Å². The minimum absolute atomic E-state index is 0.0748. The highest BCUT2D eigenvalue weighted by Crippen LogP contribution is 2.28. The first-order chi connectivity index (χ1) is 9.47. The van der Waals surface area contributed by atoms with Crippen molar-refractivity contribution in [3.05, 3.63) is 50.7 Å². The number of halogens is 1. The lowest BCUT2D eigenvalue weighted by molar-refractivity contribution is -0.387. The molecule has 0 saturated heterocycles. The van der Waals surface area contributed by atoms with Crippen LogP contribution in [0.4, 0.5) is 11.6 Å². The zero-order valence-corrected chi connectivity index (χ0v) is 11.3. The van der Waals surface area contributed by atoms with E-state index in [0.717, 1.165) is 5.56 Å². The van der Waals surface area contributed by atoms with Crippen molar-refractivity contribution >= 4 is 23.2 Å². The molecule has 2 N–H and O–H groups in total. The molecule has 7 nitrogen and oxygen atoms in total. The Kier molecular flexibility index (Phi) is 3.99. The molecule has 0 spiro atoms. The van der Waals surface area contributed by atoms with Gasteiger partial charge in [0.25, 0.3) is 5.88 Å². The maximum atomic E-state index is 11.0. The van der Waals surface area contributed by atoms with E-state index in [1.165, 1.54) is 6.92 Å². The number of benzene rings is 1. The highest BCUT2D eigenvalue weighted by atomic mass is 35.5. The summed E-state index contributed by atoms with van der Waals surface area (Å²) in [4.78, 5) is 17.9. The molecule has 0 aliphatic rings. The molecule has 0 atom stereocenters. The van der Waals surface area contributed by atoms with Gasteiger partial charge >= 0.3 is 5.69 Å². The van der Waals surface area contributed by atoms with Gasteiger partial charge in [-0.1, -0.05) is 23.7 Å². The number of rotatable bonds is 4. The van der Waals surface area contributed by atoms with Crippen LogP contribution in [0.3, 0.4) is 0 Å². The highest BCUT2D eigenvalue weighted by molar-refractivity contribution is 6.30. The first-order valence-corrected chi connectivity index (χ1v) is 6.01. The van der Waals surface area contributed by atoms with E-state index in [2.05, 4.69) is 9.97 Å². The van der Waals surface area contributed by atoms with Crippen LogP contribution in [0.25, 0.3) is 0 Å². The van der Waals surface area contributed by atoms with Gasteiger partial charge < -0.3 is 10.5 Å². The normalized spacial score (nSPS) is 10.3. The third-order valence-electron chi connectivity index (χ3n) is 2.49. The monoisotopic (exact) mass is 294 g/mol. The second-order valence-electron chi connectivity index (χ2n) is 4.00. The lowest BCUT2D eigenvalue weighted by Gasteiger charge is -2.08. The highest BCUT2D eigenvalue weighted by Gasteiger charge is 2.23. The Morgan fingerprint density at radius 2 is 2.20 bits per heavy atom. The van der Waals surface area contributed by atoms with E-state index in [1.807, 2.05) is 0 Å². The lowest BCUT2D eigenvalue weighted by Crippen LogP contribution is -2.07. The van der Waals surface area contributed by atoms with Crippen LogP contribution in [-0.4, -0.2) is 14.9 Å². The van der Waals surface area contributed by atoms with Gasteiger partial charge in [-0.25, -0.2) is 4.98 Å². The molecule has 2 rings (SSSR count). The van der Waals surface area contributed by atoms with Crippen LogP contribution >= 0.6 is 11.6 Å². The lowest BCUT2D eigenvalue weighted by atomic mass is 10.2. The van der Waals surface area contributed by atoms with Gasteiger partial charge in [-0.05, 0) is 24.6 Å². The summed E-state index contributed by atoms with van der Waals surface area (Å²) in [5.41, 5.74) is 6.11. The van der Waals surface area contributed by atoms with Crippen molar-refractivity contribution in [1.29, 1.82) is 0 Å². The van der Waals surface area contributed by atoms with E-state index in [4.69, 9.17) is 22.1 Å². The SMILES string of the molecule is Cc1nc(N)nc(OCc2cccc(Cl)c2)c1[N+](=O)[O-]. The molecule has 0 aliphatic heterocycles. The first-order valence-electron chi connectivity index (χ1n) is 5.63. The molecule has 20 heavy (non-hydrogen) atoms. The van der Waals surface area contributed by atoms with E-state index in [-0.39, 0.29) is 29.8 Å². The third kappa shape index (κ3) is 3.12. The standard InChI is InChI=1S/C12H11ClN4O3/c1-7-10(17(18)19)11(16-12(14)15-7)20-6-8-3-2-4-9(13)5-8/h2-5H,6H2,1H3,(H2,14,15,16). The fourth-order valence-corrected chi connectivity index (χ4v) is 1.86. The largest absolute Gasteiger partial charge is 0.468 e. The number of aryl methyl sites for hydroxylation is 1. The van der Waals surface area contributed by atoms with Crippen LogP contribution in [0.1, 0.15) is 11.3 Å². The van der Waals surface area contributed by atoms with Crippen molar-refractivity contribution in [2.75, 3.05) is 5.73 Å². The van der Waals surface area contributed by atoms with Crippen LogP contribution in [0.5, 0.6) is 5.88 Å². The number of anilines is 1. The summed E-state index contributed by atoms with van der Waals surface area (Å²) >= 11 is 5.85. The molecule has 0 unspecified atom stereocenters. The van der Waals surface area contributed by atoms with E-state index >= 15 is 0 Å². The van der Waals surface area contributed by atoms with Crippen LogP contribution in [0, 0.1) is 17.0 Å². The number of ether oxygens (including phenoxy) is 1. The summed E-state index contributed by atoms with van der Waals surface area (Å²) in [5.74, 6) is -0.228. The Labute approximate surface area is 119 Å². The fraction of sp³-hybridized carbons (Fsp3) is 0.167. The second kappa shape index (κ2) is 5.70. The van der Waals surface area contributed by atoms with Crippen molar-refractivity contribution < 1.29 is 9.66 Å². The van der Waals surface area contributed by atoms with Crippen molar-refractivity contribution in [2.45, 2.75) is 13.5 Å². The number of nitro groups is 1. The topological polar surface area (TPSA) is 104 Å². The first kappa shape index (κ1) is 14.0. The Bertz CT molecular complexity index is 663. The number of nitrogens with zero attached hydrogens (tertiary/aromatic N) is 3. The zero-order valence-electron chi connectivity index (χ0n) is 10.5. The minimum Gasteiger partial charge on any atom is -0.468 e. The molecule has 2 aromatic rings. The minimum atomic E-state index is -0.595. The van der Waals surface area contributed by atoms with Crippen LogP contribution in [0.15, 0.2) is 24.3 Å². The molecule has 0 fully saturated rings. The van der Waals surface area contributed by atoms with Crippen LogP contribution in [-0.2, 0) is 6.61 Å². The van der Waals surface area contributed by atoms with Crippen LogP contribution < -0.4 is 10.5 Å². The van der Waals surface area contributed by atoms with Gasteiger partial charge in [0.15, 0.2) is 0 Å². The summed E-state index contributed by atoms with van der Waals surface area (Å²) in [6.45, 7) is 1.57. The van der Waals surface area contributed by atoms with Crippen LogP contribution in [0.2, 0.25) is 5.02 Å². The average molecular weight is 295 g/mol. The van der Waals surface area contributed by atoms with E-state index in [9.17, 15) is 10.1 Å². The molecule has 0 aliphatic carbocycles. The van der Waals surface area contributed by atoms with Crippen molar-refractivity contribution in [3.8, 4) is 5.88 Å². The van der Waals surface area contributed by atoms with Crippen molar-refractivity contribution in [1.82, 2.24) is 9.97 Å². The quantitative estimate of drug-likeness (QED) is 0.686. The Morgan fingerprint density at radius 1 is 1.45 bits per heavy atom.